The molecule has 1 saturated heterocycles. The van der Waals surface area contributed by atoms with E-state index in [-0.39, 0.29) is 11.9 Å². The van der Waals surface area contributed by atoms with Gasteiger partial charge in [0.15, 0.2) is 10.9 Å². The molecular formula is C17H14N4O3S. The molecule has 2 N–H and O–H groups in total. The highest BCUT2D eigenvalue weighted by Crippen LogP contribution is 2.26. The molecule has 1 aliphatic rings. The third-order valence-corrected chi connectivity index (χ3v) is 4.53. The van der Waals surface area contributed by atoms with Crippen molar-refractivity contribution in [1.29, 1.82) is 0 Å². The molecule has 1 aliphatic heterocycles. The summed E-state index contributed by atoms with van der Waals surface area (Å²) in [5.41, 5.74) is 1.83. The van der Waals surface area contributed by atoms with Gasteiger partial charge < -0.3 is 9.73 Å². The Morgan fingerprint density at radius 1 is 1.32 bits per heavy atom. The first-order chi connectivity index (χ1) is 12.2. The number of benzene rings is 1. The zero-order valence-electron chi connectivity index (χ0n) is 13.1. The molecule has 8 heteroatoms. The fourth-order valence-corrected chi connectivity index (χ4v) is 3.27. The number of hydrogen-bond acceptors (Lipinski definition) is 5. The Hall–Kier alpha value is -3.13. The largest absolute Gasteiger partial charge is 0.463 e. The maximum Gasteiger partial charge on any atom is 0.321 e. The second-order valence-corrected chi connectivity index (χ2v) is 6.26. The fraction of sp³-hybridized carbons (Fsp3) is 0.118. The van der Waals surface area contributed by atoms with E-state index in [1.165, 1.54) is 11.3 Å². The molecule has 126 valence electrons. The van der Waals surface area contributed by atoms with Gasteiger partial charge in [-0.2, -0.15) is 0 Å². The van der Waals surface area contributed by atoms with Gasteiger partial charge in [0.1, 0.15) is 5.69 Å². The molecular weight excluding hydrogens is 340 g/mol. The van der Waals surface area contributed by atoms with Crippen LogP contribution in [0, 0.1) is 0 Å². The number of urea groups is 1. The van der Waals surface area contributed by atoms with E-state index in [1.54, 1.807) is 41.5 Å². The van der Waals surface area contributed by atoms with Crippen molar-refractivity contribution < 1.29 is 14.0 Å². The van der Waals surface area contributed by atoms with Crippen molar-refractivity contribution in [3.63, 3.8) is 0 Å². The number of thiazole rings is 1. The second-order valence-electron chi connectivity index (χ2n) is 5.40. The summed E-state index contributed by atoms with van der Waals surface area (Å²) >= 11 is 1.32. The summed E-state index contributed by atoms with van der Waals surface area (Å²) in [6.45, 7) is 1.19. The van der Waals surface area contributed by atoms with E-state index >= 15 is 0 Å². The lowest BCUT2D eigenvalue weighted by molar-refractivity contribution is 0.102. The van der Waals surface area contributed by atoms with E-state index < -0.39 is 0 Å². The number of rotatable bonds is 4. The van der Waals surface area contributed by atoms with E-state index in [9.17, 15) is 9.59 Å². The zero-order valence-corrected chi connectivity index (χ0v) is 13.9. The van der Waals surface area contributed by atoms with Crippen LogP contribution in [0.2, 0.25) is 0 Å². The number of furan rings is 1. The van der Waals surface area contributed by atoms with Crippen molar-refractivity contribution in [2.75, 3.05) is 23.3 Å². The van der Waals surface area contributed by atoms with Crippen LogP contribution in [-0.2, 0) is 0 Å². The topological polar surface area (TPSA) is 87.5 Å². The van der Waals surface area contributed by atoms with Gasteiger partial charge in [-0.15, -0.1) is 11.3 Å². The number of nitrogens with zero attached hydrogens (tertiary/aromatic N) is 2. The average Bonchev–Trinajstić information content (AvgIpc) is 3.36. The van der Waals surface area contributed by atoms with Crippen molar-refractivity contribution in [3.05, 3.63) is 53.6 Å². The summed E-state index contributed by atoms with van der Waals surface area (Å²) in [6.07, 6.45) is 1.58. The van der Waals surface area contributed by atoms with Crippen molar-refractivity contribution in [1.82, 2.24) is 10.3 Å². The minimum atomic E-state index is -0.276. The lowest BCUT2D eigenvalue weighted by atomic mass is 10.2. The molecule has 0 aliphatic carbocycles. The van der Waals surface area contributed by atoms with Gasteiger partial charge in [-0.3, -0.25) is 15.0 Å². The monoisotopic (exact) mass is 354 g/mol. The zero-order chi connectivity index (χ0) is 17.2. The first-order valence-corrected chi connectivity index (χ1v) is 8.55. The van der Waals surface area contributed by atoms with E-state index in [1.807, 2.05) is 11.4 Å². The van der Waals surface area contributed by atoms with Gasteiger partial charge in [-0.1, -0.05) is 6.07 Å². The maximum atomic E-state index is 12.5. The first-order valence-electron chi connectivity index (χ1n) is 7.67. The lowest BCUT2D eigenvalue weighted by Crippen LogP contribution is -2.27. The smallest absolute Gasteiger partial charge is 0.321 e. The first kappa shape index (κ1) is 15.4. The normalized spacial score (nSPS) is 13.8. The summed E-state index contributed by atoms with van der Waals surface area (Å²) in [6, 6.07) is 10.4. The molecule has 0 spiro atoms. The van der Waals surface area contributed by atoms with Crippen molar-refractivity contribution in [3.8, 4) is 11.5 Å². The van der Waals surface area contributed by atoms with Crippen LogP contribution in [0.4, 0.5) is 15.6 Å². The Bertz CT molecular complexity index is 920. The number of nitrogens with one attached hydrogen (secondary N) is 2. The molecule has 0 radical (unpaired) electrons. The molecule has 3 heterocycles. The Kier molecular flexibility index (Phi) is 3.95. The lowest BCUT2D eigenvalue weighted by Gasteiger charge is -2.14. The summed E-state index contributed by atoms with van der Waals surface area (Å²) in [4.78, 5) is 30.2. The summed E-state index contributed by atoms with van der Waals surface area (Å²) < 4.78 is 5.29. The predicted octanol–water partition coefficient (Wildman–Crippen LogP) is 3.19. The average molecular weight is 354 g/mol. The van der Waals surface area contributed by atoms with Crippen molar-refractivity contribution in [2.45, 2.75) is 0 Å². The van der Waals surface area contributed by atoms with Crippen LogP contribution in [0.25, 0.3) is 11.5 Å². The molecule has 0 saturated carbocycles. The molecule has 25 heavy (non-hydrogen) atoms. The minimum Gasteiger partial charge on any atom is -0.463 e. The summed E-state index contributed by atoms with van der Waals surface area (Å²) in [7, 11) is 0. The van der Waals surface area contributed by atoms with Crippen LogP contribution < -0.4 is 15.5 Å². The van der Waals surface area contributed by atoms with Crippen LogP contribution >= 0.6 is 11.3 Å². The molecule has 0 bridgehead atoms. The van der Waals surface area contributed by atoms with Gasteiger partial charge in [0.2, 0.25) is 0 Å². The number of carbonyl (C=O) groups excluding carboxylic acids is 2. The van der Waals surface area contributed by atoms with Crippen LogP contribution in [0.5, 0.6) is 0 Å². The van der Waals surface area contributed by atoms with E-state index in [2.05, 4.69) is 15.6 Å². The number of hydrogen-bond donors (Lipinski definition) is 2. The Balaban J connectivity index is 1.51. The molecule has 0 atom stereocenters. The van der Waals surface area contributed by atoms with E-state index in [4.69, 9.17) is 4.42 Å². The second kappa shape index (κ2) is 6.40. The number of aromatic nitrogens is 1. The number of amides is 3. The third-order valence-electron chi connectivity index (χ3n) is 3.78. The maximum absolute atomic E-state index is 12.5. The molecule has 1 aromatic carbocycles. The molecule has 3 amide bonds. The molecule has 4 rings (SSSR count). The highest BCUT2D eigenvalue weighted by atomic mass is 32.1. The standard InChI is InChI=1S/C17H14N4O3S/c22-15(20-16-19-13(10-25-16)14-5-2-8-24-14)11-3-1-4-12(9-11)21-7-6-18-17(21)23/h1-5,8-10H,6-7H2,(H,18,23)(H,19,20,22). The quantitative estimate of drug-likeness (QED) is 0.753. The molecule has 3 aromatic rings. The van der Waals surface area contributed by atoms with E-state index in [0.29, 0.717) is 40.9 Å². The highest BCUT2D eigenvalue weighted by Gasteiger charge is 2.22. The van der Waals surface area contributed by atoms with Crippen LogP contribution in [-0.4, -0.2) is 30.0 Å². The SMILES string of the molecule is O=C(Nc1nc(-c2ccco2)cs1)c1cccc(N2CCNC2=O)c1. The summed E-state index contributed by atoms with van der Waals surface area (Å²) in [5, 5.41) is 7.82. The number of anilines is 2. The van der Waals surface area contributed by atoms with Gasteiger partial charge in [0.05, 0.1) is 6.26 Å². The number of carbonyl (C=O) groups is 2. The minimum absolute atomic E-state index is 0.152. The van der Waals surface area contributed by atoms with Gasteiger partial charge in [-0.25, -0.2) is 9.78 Å². The predicted molar refractivity (Wildman–Crippen MR) is 95.0 cm³/mol. The van der Waals surface area contributed by atoms with E-state index in [0.717, 1.165) is 0 Å². The summed E-state index contributed by atoms with van der Waals surface area (Å²) in [5.74, 6) is 0.376. The van der Waals surface area contributed by atoms with Crippen molar-refractivity contribution >= 4 is 34.1 Å². The molecule has 1 fully saturated rings. The van der Waals surface area contributed by atoms with Gasteiger partial charge >= 0.3 is 6.03 Å². The van der Waals surface area contributed by atoms with Gasteiger partial charge in [0, 0.05) is 29.7 Å². The van der Waals surface area contributed by atoms with Crippen LogP contribution in [0.3, 0.4) is 0 Å². The van der Waals surface area contributed by atoms with Crippen molar-refractivity contribution in [2.24, 2.45) is 0 Å². The molecule has 7 nitrogen and oxygen atoms in total. The Morgan fingerprint density at radius 2 is 2.24 bits per heavy atom. The Labute approximate surface area is 147 Å². The third kappa shape index (κ3) is 3.11. The molecule has 0 unspecified atom stereocenters. The van der Waals surface area contributed by atoms with Crippen LogP contribution in [0.1, 0.15) is 10.4 Å². The van der Waals surface area contributed by atoms with Gasteiger partial charge in [0.25, 0.3) is 5.91 Å². The van der Waals surface area contributed by atoms with Gasteiger partial charge in [-0.05, 0) is 30.3 Å². The highest BCUT2D eigenvalue weighted by molar-refractivity contribution is 7.14. The van der Waals surface area contributed by atoms with Crippen LogP contribution in [0.15, 0.2) is 52.5 Å². The fourth-order valence-electron chi connectivity index (χ4n) is 2.57. The molecule has 2 aromatic heterocycles. The Morgan fingerprint density at radius 3 is 3.00 bits per heavy atom.